The van der Waals surface area contributed by atoms with Gasteiger partial charge in [0.2, 0.25) is 0 Å². The van der Waals surface area contributed by atoms with Crippen LogP contribution in [0, 0.1) is 11.8 Å². The summed E-state index contributed by atoms with van der Waals surface area (Å²) < 4.78 is 1.26. The van der Waals surface area contributed by atoms with E-state index < -0.39 is 0 Å². The lowest BCUT2D eigenvalue weighted by Crippen LogP contribution is -2.30. The Kier molecular flexibility index (Phi) is 4.37. The summed E-state index contributed by atoms with van der Waals surface area (Å²) in [6.07, 6.45) is 6.73. The van der Waals surface area contributed by atoms with Gasteiger partial charge in [0.05, 0.1) is 21.3 Å². The van der Waals surface area contributed by atoms with Gasteiger partial charge >= 0.3 is 0 Å². The molecule has 2 nitrogen and oxygen atoms in total. The molecule has 3 atom stereocenters. The third kappa shape index (κ3) is 3.04. The molecule has 1 aromatic carbocycles. The van der Waals surface area contributed by atoms with Gasteiger partial charge in [-0.15, -0.1) is 11.3 Å². The van der Waals surface area contributed by atoms with Gasteiger partial charge in [0, 0.05) is 6.42 Å². The summed E-state index contributed by atoms with van der Waals surface area (Å²) in [4.78, 5) is 4.72. The van der Waals surface area contributed by atoms with Crippen molar-refractivity contribution in [2.75, 3.05) is 0 Å². The highest BCUT2D eigenvalue weighted by molar-refractivity contribution is 7.18. The van der Waals surface area contributed by atoms with Crippen molar-refractivity contribution in [2.24, 2.45) is 11.8 Å². The first kappa shape index (κ1) is 14.0. The molecule has 108 valence electrons. The first-order chi connectivity index (χ1) is 9.76. The third-order valence-corrected chi connectivity index (χ3v) is 5.58. The van der Waals surface area contributed by atoms with Gasteiger partial charge in [-0.05, 0) is 43.2 Å². The predicted octanol–water partition coefficient (Wildman–Crippen LogP) is 4.42. The molecule has 0 saturated heterocycles. The van der Waals surface area contributed by atoms with E-state index in [2.05, 4.69) is 25.1 Å². The zero-order valence-corrected chi connectivity index (χ0v) is 12.9. The number of thiazole rings is 1. The molecule has 0 amide bonds. The summed E-state index contributed by atoms with van der Waals surface area (Å²) in [6, 6.07) is 8.32. The maximum atomic E-state index is 10.3. The zero-order chi connectivity index (χ0) is 13.9. The summed E-state index contributed by atoms with van der Waals surface area (Å²) in [5, 5.41) is 11.5. The Labute approximate surface area is 124 Å². The standard InChI is InChI=1S/C17H23NOS/c1-2-5-12-8-9-15(19)13(10-12)11-17-18-14-6-3-4-7-16(14)20-17/h3-4,6-7,12-13,15,19H,2,5,8-11H2,1H3. The lowest BCUT2D eigenvalue weighted by molar-refractivity contribution is 0.0463. The molecular weight excluding hydrogens is 266 g/mol. The topological polar surface area (TPSA) is 33.1 Å². The van der Waals surface area contributed by atoms with Gasteiger partial charge in [-0.3, -0.25) is 0 Å². The summed E-state index contributed by atoms with van der Waals surface area (Å²) in [5.74, 6) is 1.21. The maximum Gasteiger partial charge on any atom is 0.0942 e. The molecule has 1 aliphatic rings. The van der Waals surface area contributed by atoms with Crippen LogP contribution in [0.2, 0.25) is 0 Å². The molecule has 3 heteroatoms. The van der Waals surface area contributed by atoms with Gasteiger partial charge in [-0.25, -0.2) is 4.98 Å². The van der Waals surface area contributed by atoms with E-state index in [0.29, 0.717) is 5.92 Å². The lowest BCUT2D eigenvalue weighted by atomic mass is 9.76. The average molecular weight is 289 g/mol. The molecule has 0 aliphatic heterocycles. The number of aliphatic hydroxyl groups is 1. The first-order valence-corrected chi connectivity index (χ1v) is 8.60. The molecule has 0 radical (unpaired) electrons. The fourth-order valence-electron chi connectivity index (χ4n) is 3.47. The summed E-state index contributed by atoms with van der Waals surface area (Å²) in [6.45, 7) is 2.26. The van der Waals surface area contributed by atoms with Crippen LogP contribution in [0.3, 0.4) is 0 Å². The van der Waals surface area contributed by atoms with Gasteiger partial charge in [-0.2, -0.15) is 0 Å². The molecule has 1 saturated carbocycles. The Bertz CT molecular complexity index is 532. The highest BCUT2D eigenvalue weighted by Crippen LogP contribution is 2.35. The van der Waals surface area contributed by atoms with Crippen molar-refractivity contribution in [3.8, 4) is 0 Å². The molecular formula is C17H23NOS. The van der Waals surface area contributed by atoms with Crippen LogP contribution in [0.4, 0.5) is 0 Å². The number of hydrogen-bond donors (Lipinski definition) is 1. The van der Waals surface area contributed by atoms with Crippen molar-refractivity contribution in [1.29, 1.82) is 0 Å². The highest BCUT2D eigenvalue weighted by Gasteiger charge is 2.29. The molecule has 0 spiro atoms. The largest absolute Gasteiger partial charge is 0.393 e. The molecule has 3 unspecified atom stereocenters. The van der Waals surface area contributed by atoms with Crippen LogP contribution in [-0.4, -0.2) is 16.2 Å². The summed E-state index contributed by atoms with van der Waals surface area (Å²) in [7, 11) is 0. The fourth-order valence-corrected chi connectivity index (χ4v) is 4.53. The van der Waals surface area contributed by atoms with Crippen LogP contribution in [0.5, 0.6) is 0 Å². The number of para-hydroxylation sites is 1. The number of fused-ring (bicyclic) bond motifs is 1. The molecule has 20 heavy (non-hydrogen) atoms. The normalized spacial score (nSPS) is 27.0. The SMILES string of the molecule is CCCC1CCC(O)C(Cc2nc3ccccc3s2)C1. The minimum atomic E-state index is -0.130. The molecule has 1 heterocycles. The second-order valence-corrected chi connectivity index (χ2v) is 7.19. The molecule has 2 aromatic rings. The summed E-state index contributed by atoms with van der Waals surface area (Å²) >= 11 is 1.79. The predicted molar refractivity (Wildman–Crippen MR) is 85.1 cm³/mol. The number of hydrogen-bond acceptors (Lipinski definition) is 3. The first-order valence-electron chi connectivity index (χ1n) is 7.78. The number of nitrogens with zero attached hydrogens (tertiary/aromatic N) is 1. The van der Waals surface area contributed by atoms with Crippen molar-refractivity contribution < 1.29 is 5.11 Å². The Hall–Kier alpha value is -0.930. The Balaban J connectivity index is 1.71. The summed E-state index contributed by atoms with van der Waals surface area (Å²) in [5.41, 5.74) is 1.10. The van der Waals surface area contributed by atoms with Crippen LogP contribution >= 0.6 is 11.3 Å². The monoisotopic (exact) mass is 289 g/mol. The quantitative estimate of drug-likeness (QED) is 0.904. The van der Waals surface area contributed by atoms with E-state index in [-0.39, 0.29) is 6.10 Å². The third-order valence-electron chi connectivity index (χ3n) is 4.52. The van der Waals surface area contributed by atoms with Gasteiger partial charge in [0.1, 0.15) is 0 Å². The van der Waals surface area contributed by atoms with Crippen LogP contribution in [0.1, 0.15) is 44.0 Å². The van der Waals surface area contributed by atoms with E-state index in [1.54, 1.807) is 11.3 Å². The lowest BCUT2D eigenvalue weighted by Gasteiger charge is -2.32. The van der Waals surface area contributed by atoms with Gasteiger partial charge in [-0.1, -0.05) is 31.9 Å². The zero-order valence-electron chi connectivity index (χ0n) is 12.1. The number of aromatic nitrogens is 1. The van der Waals surface area contributed by atoms with Crippen molar-refractivity contribution in [3.63, 3.8) is 0 Å². The molecule has 3 rings (SSSR count). The van der Waals surface area contributed by atoms with Gasteiger partial charge < -0.3 is 5.11 Å². The van der Waals surface area contributed by atoms with E-state index in [1.165, 1.54) is 35.4 Å². The van der Waals surface area contributed by atoms with Crippen LogP contribution < -0.4 is 0 Å². The number of aliphatic hydroxyl groups excluding tert-OH is 1. The van der Waals surface area contributed by atoms with E-state index in [1.807, 2.05) is 6.07 Å². The number of benzene rings is 1. The van der Waals surface area contributed by atoms with Crippen molar-refractivity contribution in [2.45, 2.75) is 51.6 Å². The van der Waals surface area contributed by atoms with E-state index >= 15 is 0 Å². The van der Waals surface area contributed by atoms with E-state index in [4.69, 9.17) is 4.98 Å². The van der Waals surface area contributed by atoms with Crippen molar-refractivity contribution >= 4 is 21.6 Å². The second kappa shape index (κ2) is 6.23. The number of rotatable bonds is 4. The molecule has 1 fully saturated rings. The van der Waals surface area contributed by atoms with Crippen molar-refractivity contribution in [1.82, 2.24) is 4.98 Å². The van der Waals surface area contributed by atoms with Crippen LogP contribution in [0.25, 0.3) is 10.2 Å². The molecule has 1 N–H and O–H groups in total. The van der Waals surface area contributed by atoms with E-state index in [9.17, 15) is 5.11 Å². The Morgan fingerprint density at radius 1 is 1.30 bits per heavy atom. The highest BCUT2D eigenvalue weighted by atomic mass is 32.1. The second-order valence-electron chi connectivity index (χ2n) is 6.07. The molecule has 1 aliphatic carbocycles. The van der Waals surface area contributed by atoms with E-state index in [0.717, 1.165) is 24.3 Å². The smallest absolute Gasteiger partial charge is 0.0942 e. The van der Waals surface area contributed by atoms with Crippen molar-refractivity contribution in [3.05, 3.63) is 29.3 Å². The maximum absolute atomic E-state index is 10.3. The van der Waals surface area contributed by atoms with Crippen LogP contribution in [0.15, 0.2) is 24.3 Å². The Morgan fingerprint density at radius 3 is 2.95 bits per heavy atom. The Morgan fingerprint density at radius 2 is 2.15 bits per heavy atom. The van der Waals surface area contributed by atoms with Gasteiger partial charge in [0.25, 0.3) is 0 Å². The molecule has 1 aromatic heterocycles. The van der Waals surface area contributed by atoms with Crippen LogP contribution in [-0.2, 0) is 6.42 Å². The average Bonchev–Trinajstić information content (AvgIpc) is 2.85. The molecule has 0 bridgehead atoms. The minimum Gasteiger partial charge on any atom is -0.393 e. The fraction of sp³-hybridized carbons (Fsp3) is 0.588. The van der Waals surface area contributed by atoms with Gasteiger partial charge in [0.15, 0.2) is 0 Å². The minimum absolute atomic E-state index is 0.130.